The molecule has 108 valence electrons. The van der Waals surface area contributed by atoms with Gasteiger partial charge < -0.3 is 0 Å². The molecule has 1 aromatic heterocycles. The first-order valence-corrected chi connectivity index (χ1v) is 8.11. The molecule has 1 unspecified atom stereocenters. The minimum Gasteiger partial charge on any atom is -0.296 e. The molecule has 0 aliphatic carbocycles. The molecule has 0 spiro atoms. The van der Waals surface area contributed by atoms with E-state index in [1.54, 1.807) is 11.3 Å². The molecule has 2 heterocycles. The highest BCUT2D eigenvalue weighted by Crippen LogP contribution is 2.43. The Bertz CT molecular complexity index is 837. The largest absolute Gasteiger partial charge is 0.296 e. The Balaban J connectivity index is 1.92. The summed E-state index contributed by atoms with van der Waals surface area (Å²) in [5, 5.41) is 0. The molecular weight excluding hydrogens is 290 g/mol. The molecule has 1 aliphatic rings. The molecule has 0 saturated heterocycles. The number of carbonyl (C=O) groups excluding carboxylic acids is 1. The Morgan fingerprint density at radius 3 is 2.36 bits per heavy atom. The molecule has 1 atom stereocenters. The number of nitrogens with zero attached hydrogens (tertiary/aromatic N) is 1. The third-order valence-electron chi connectivity index (χ3n) is 4.03. The van der Waals surface area contributed by atoms with Crippen LogP contribution in [0.2, 0.25) is 0 Å². The van der Waals surface area contributed by atoms with E-state index in [2.05, 4.69) is 25.1 Å². The van der Waals surface area contributed by atoms with E-state index in [0.29, 0.717) is 0 Å². The molecule has 3 heteroatoms. The highest BCUT2D eigenvalue weighted by Gasteiger charge is 2.38. The lowest BCUT2D eigenvalue weighted by molar-refractivity contribution is 0.0994. The molecule has 2 nitrogen and oxygen atoms in total. The fraction of sp³-hybridized carbons (Fsp3) is 0.105. The maximum absolute atomic E-state index is 12.9. The number of para-hydroxylation sites is 1. The van der Waals surface area contributed by atoms with E-state index in [1.807, 2.05) is 53.4 Å². The summed E-state index contributed by atoms with van der Waals surface area (Å²) in [6, 6.07) is 22.1. The van der Waals surface area contributed by atoms with Gasteiger partial charge in [0.2, 0.25) is 0 Å². The van der Waals surface area contributed by atoms with E-state index in [9.17, 15) is 4.79 Å². The maximum atomic E-state index is 12.9. The van der Waals surface area contributed by atoms with Gasteiger partial charge in [-0.25, -0.2) is 0 Å². The van der Waals surface area contributed by atoms with Crippen molar-refractivity contribution in [2.45, 2.75) is 13.0 Å². The van der Waals surface area contributed by atoms with Gasteiger partial charge in [0.25, 0.3) is 5.91 Å². The second-order valence-electron chi connectivity index (χ2n) is 5.45. The minimum absolute atomic E-state index is 0.0233. The molecule has 0 saturated carbocycles. The molecule has 2 aromatic carbocycles. The smallest absolute Gasteiger partial charge is 0.259 e. The van der Waals surface area contributed by atoms with Gasteiger partial charge in [-0.2, -0.15) is 0 Å². The first-order valence-electron chi connectivity index (χ1n) is 7.29. The van der Waals surface area contributed by atoms with Crippen LogP contribution >= 0.6 is 11.3 Å². The lowest BCUT2D eigenvalue weighted by atomic mass is 10.0. The first kappa shape index (κ1) is 13.3. The third kappa shape index (κ3) is 1.97. The Labute approximate surface area is 133 Å². The highest BCUT2D eigenvalue weighted by molar-refractivity contribution is 7.12. The van der Waals surface area contributed by atoms with Gasteiger partial charge in [-0.15, -0.1) is 11.3 Å². The summed E-state index contributed by atoms with van der Waals surface area (Å²) >= 11 is 1.76. The number of benzene rings is 2. The van der Waals surface area contributed by atoms with Crippen LogP contribution in [0.1, 0.15) is 31.7 Å². The molecule has 0 bridgehead atoms. The van der Waals surface area contributed by atoms with Crippen LogP contribution in [0.3, 0.4) is 0 Å². The average molecular weight is 305 g/mol. The summed E-state index contributed by atoms with van der Waals surface area (Å²) < 4.78 is 0. The first-order chi connectivity index (χ1) is 10.8. The number of anilines is 1. The van der Waals surface area contributed by atoms with Gasteiger partial charge in [0, 0.05) is 21.0 Å². The molecule has 22 heavy (non-hydrogen) atoms. The maximum Gasteiger partial charge on any atom is 0.259 e. The number of thiophene rings is 1. The van der Waals surface area contributed by atoms with Crippen molar-refractivity contribution in [2.24, 2.45) is 0 Å². The van der Waals surface area contributed by atoms with Gasteiger partial charge in [0.05, 0.1) is 6.04 Å². The zero-order valence-electron chi connectivity index (χ0n) is 12.2. The molecule has 4 rings (SSSR count). The van der Waals surface area contributed by atoms with Crippen LogP contribution in [0.15, 0.2) is 66.7 Å². The highest BCUT2D eigenvalue weighted by atomic mass is 32.1. The summed E-state index contributed by atoms with van der Waals surface area (Å²) in [5.41, 5.74) is 2.85. The van der Waals surface area contributed by atoms with Crippen molar-refractivity contribution in [1.82, 2.24) is 0 Å². The summed E-state index contributed by atoms with van der Waals surface area (Å²) in [6.07, 6.45) is 0. The van der Waals surface area contributed by atoms with E-state index in [-0.39, 0.29) is 11.9 Å². The van der Waals surface area contributed by atoms with E-state index >= 15 is 0 Å². The zero-order valence-corrected chi connectivity index (χ0v) is 13.0. The zero-order chi connectivity index (χ0) is 15.1. The van der Waals surface area contributed by atoms with Crippen LogP contribution in [-0.2, 0) is 0 Å². The molecule has 1 aliphatic heterocycles. The SMILES string of the molecule is Cc1ccc(C2c3ccccc3C(=O)N2c2ccccc2)s1. The summed E-state index contributed by atoms with van der Waals surface area (Å²) in [6.45, 7) is 2.10. The Morgan fingerprint density at radius 1 is 0.909 bits per heavy atom. The Kier molecular flexibility index (Phi) is 3.09. The molecule has 3 aromatic rings. The number of aryl methyl sites for hydroxylation is 1. The van der Waals surface area contributed by atoms with Crippen molar-refractivity contribution < 1.29 is 4.79 Å². The standard InChI is InChI=1S/C19H15NOS/c1-13-11-12-17(22-13)18-15-9-5-6-10-16(15)19(21)20(18)14-7-3-2-4-8-14/h2-12,18H,1H3. The van der Waals surface area contributed by atoms with Gasteiger partial charge in [-0.3, -0.25) is 9.69 Å². The van der Waals surface area contributed by atoms with Crippen molar-refractivity contribution >= 4 is 22.9 Å². The van der Waals surface area contributed by atoms with Crippen LogP contribution in [-0.4, -0.2) is 5.91 Å². The van der Waals surface area contributed by atoms with Crippen molar-refractivity contribution in [3.8, 4) is 0 Å². The lowest BCUT2D eigenvalue weighted by Crippen LogP contribution is -2.27. The summed E-state index contributed by atoms with van der Waals surface area (Å²) in [4.78, 5) is 17.3. The van der Waals surface area contributed by atoms with Crippen LogP contribution in [0.25, 0.3) is 0 Å². The van der Waals surface area contributed by atoms with Crippen LogP contribution in [0.5, 0.6) is 0 Å². The van der Waals surface area contributed by atoms with E-state index in [4.69, 9.17) is 0 Å². The summed E-state index contributed by atoms with van der Waals surface area (Å²) in [7, 11) is 0. The average Bonchev–Trinajstić information content (AvgIpc) is 3.10. The lowest BCUT2D eigenvalue weighted by Gasteiger charge is -2.24. The van der Waals surface area contributed by atoms with Crippen molar-refractivity contribution in [3.63, 3.8) is 0 Å². The van der Waals surface area contributed by atoms with Gasteiger partial charge in [-0.1, -0.05) is 36.4 Å². The Hall–Kier alpha value is -2.39. The van der Waals surface area contributed by atoms with E-state index in [1.165, 1.54) is 9.75 Å². The van der Waals surface area contributed by atoms with Gasteiger partial charge >= 0.3 is 0 Å². The number of carbonyl (C=O) groups is 1. The number of hydrogen-bond acceptors (Lipinski definition) is 2. The fourth-order valence-corrected chi connectivity index (χ4v) is 4.04. The molecule has 1 amide bonds. The third-order valence-corrected chi connectivity index (χ3v) is 5.08. The fourth-order valence-electron chi connectivity index (χ4n) is 3.05. The molecular formula is C19H15NOS. The minimum atomic E-state index is -0.0233. The summed E-state index contributed by atoms with van der Waals surface area (Å²) in [5.74, 6) is 0.0813. The van der Waals surface area contributed by atoms with Crippen molar-refractivity contribution in [2.75, 3.05) is 4.90 Å². The molecule has 0 radical (unpaired) electrons. The van der Waals surface area contributed by atoms with Gasteiger partial charge in [0.1, 0.15) is 0 Å². The molecule has 0 fully saturated rings. The van der Waals surface area contributed by atoms with Crippen molar-refractivity contribution in [1.29, 1.82) is 0 Å². The number of hydrogen-bond donors (Lipinski definition) is 0. The molecule has 0 N–H and O–H groups in total. The quantitative estimate of drug-likeness (QED) is 0.665. The number of amides is 1. The number of rotatable bonds is 2. The predicted octanol–water partition coefficient (Wildman–Crippen LogP) is 4.81. The van der Waals surface area contributed by atoms with Gasteiger partial charge in [0.15, 0.2) is 0 Å². The van der Waals surface area contributed by atoms with Crippen molar-refractivity contribution in [3.05, 3.63) is 87.6 Å². The van der Waals surface area contributed by atoms with E-state index < -0.39 is 0 Å². The predicted molar refractivity (Wildman–Crippen MR) is 90.6 cm³/mol. The Morgan fingerprint density at radius 2 is 1.64 bits per heavy atom. The second-order valence-corrected chi connectivity index (χ2v) is 6.77. The second kappa shape index (κ2) is 5.11. The van der Waals surface area contributed by atoms with E-state index in [0.717, 1.165) is 16.8 Å². The van der Waals surface area contributed by atoms with Crippen LogP contribution < -0.4 is 4.90 Å². The monoisotopic (exact) mass is 305 g/mol. The van der Waals surface area contributed by atoms with Gasteiger partial charge in [-0.05, 0) is 42.8 Å². The topological polar surface area (TPSA) is 20.3 Å². The number of fused-ring (bicyclic) bond motifs is 1. The van der Waals surface area contributed by atoms with Crippen LogP contribution in [0, 0.1) is 6.92 Å². The van der Waals surface area contributed by atoms with Crippen LogP contribution in [0.4, 0.5) is 5.69 Å². The normalized spacial score (nSPS) is 16.9.